The number of nitrogens with two attached hydrogens (primary N) is 1. The van der Waals surface area contributed by atoms with Crippen LogP contribution in [0.1, 0.15) is 31.1 Å². The van der Waals surface area contributed by atoms with Gasteiger partial charge in [-0.25, -0.2) is 0 Å². The Morgan fingerprint density at radius 1 is 1.47 bits per heavy atom. The first-order valence-corrected chi connectivity index (χ1v) is 5.82. The molecule has 2 aromatic heterocycles. The molecule has 2 heterocycles. The van der Waals surface area contributed by atoms with Crippen LogP contribution in [0.5, 0.6) is 0 Å². The molecule has 0 saturated heterocycles. The van der Waals surface area contributed by atoms with E-state index in [-0.39, 0.29) is 12.0 Å². The molecule has 3 rings (SSSR count). The van der Waals surface area contributed by atoms with Gasteiger partial charge in [0.25, 0.3) is 0 Å². The average molecular weight is 233 g/mol. The van der Waals surface area contributed by atoms with Crippen LogP contribution in [0.2, 0.25) is 0 Å². The summed E-state index contributed by atoms with van der Waals surface area (Å²) in [6, 6.07) is 0.150. The van der Waals surface area contributed by atoms with E-state index in [9.17, 15) is 0 Å². The van der Waals surface area contributed by atoms with E-state index in [1.165, 1.54) is 0 Å². The van der Waals surface area contributed by atoms with E-state index in [4.69, 9.17) is 10.3 Å². The van der Waals surface area contributed by atoms with Crippen molar-refractivity contribution in [3.63, 3.8) is 0 Å². The fourth-order valence-electron chi connectivity index (χ4n) is 2.34. The minimum atomic E-state index is 0.150. The Bertz CT molecular complexity index is 517. The van der Waals surface area contributed by atoms with Crippen molar-refractivity contribution in [2.24, 2.45) is 12.8 Å². The summed E-state index contributed by atoms with van der Waals surface area (Å²) in [7, 11) is 1.86. The van der Waals surface area contributed by atoms with E-state index < -0.39 is 0 Å². The van der Waals surface area contributed by atoms with E-state index in [1.807, 2.05) is 13.2 Å². The zero-order chi connectivity index (χ0) is 11.8. The number of nitrogens with zero attached hydrogens (tertiary/aromatic N) is 4. The predicted octanol–water partition coefficient (Wildman–Crippen LogP) is 1.06. The molecule has 0 radical (unpaired) electrons. The molecule has 2 N–H and O–H groups in total. The molecule has 1 fully saturated rings. The standard InChI is InChI=1S/C11H15N5O/c1-16-6-7(5-13-16)10-14-11(17-15-10)8-3-2-4-9(8)12/h5-6,8-9H,2-4,12H2,1H3. The minimum absolute atomic E-state index is 0.150. The molecule has 1 saturated carbocycles. The van der Waals surface area contributed by atoms with Crippen molar-refractivity contribution in [3.8, 4) is 11.4 Å². The van der Waals surface area contributed by atoms with Crippen molar-refractivity contribution < 1.29 is 4.52 Å². The maximum atomic E-state index is 6.02. The molecule has 2 unspecified atom stereocenters. The maximum absolute atomic E-state index is 6.02. The van der Waals surface area contributed by atoms with E-state index >= 15 is 0 Å². The lowest BCUT2D eigenvalue weighted by Crippen LogP contribution is -2.22. The summed E-state index contributed by atoms with van der Waals surface area (Å²) in [6.45, 7) is 0. The molecule has 0 spiro atoms. The minimum Gasteiger partial charge on any atom is -0.339 e. The van der Waals surface area contributed by atoms with Crippen molar-refractivity contribution >= 4 is 0 Å². The second kappa shape index (κ2) is 3.96. The monoisotopic (exact) mass is 233 g/mol. The summed E-state index contributed by atoms with van der Waals surface area (Å²) in [4.78, 5) is 4.42. The van der Waals surface area contributed by atoms with Gasteiger partial charge in [0.2, 0.25) is 11.7 Å². The molecular weight excluding hydrogens is 218 g/mol. The summed E-state index contributed by atoms with van der Waals surface area (Å²) in [5, 5.41) is 8.07. The summed E-state index contributed by atoms with van der Waals surface area (Å²) in [5.74, 6) is 1.47. The van der Waals surface area contributed by atoms with Gasteiger partial charge in [-0.1, -0.05) is 11.6 Å². The Labute approximate surface area is 98.8 Å². The second-order valence-corrected chi connectivity index (χ2v) is 4.56. The Balaban J connectivity index is 1.87. The molecule has 1 aliphatic rings. The first kappa shape index (κ1) is 10.5. The number of rotatable bonds is 2. The van der Waals surface area contributed by atoms with Crippen molar-refractivity contribution in [1.29, 1.82) is 0 Å². The zero-order valence-corrected chi connectivity index (χ0v) is 9.71. The Hall–Kier alpha value is -1.69. The Kier molecular flexibility index (Phi) is 2.44. The summed E-state index contributed by atoms with van der Waals surface area (Å²) < 4.78 is 7.02. The Morgan fingerprint density at radius 2 is 2.35 bits per heavy atom. The molecule has 2 atom stereocenters. The van der Waals surface area contributed by atoms with Gasteiger partial charge in [0, 0.05) is 19.3 Å². The fraction of sp³-hybridized carbons (Fsp3) is 0.545. The van der Waals surface area contributed by atoms with Crippen LogP contribution in [-0.4, -0.2) is 26.0 Å². The van der Waals surface area contributed by atoms with Crippen molar-refractivity contribution in [3.05, 3.63) is 18.3 Å². The van der Waals surface area contributed by atoms with Crippen molar-refractivity contribution in [2.45, 2.75) is 31.2 Å². The normalized spacial score (nSPS) is 24.4. The van der Waals surface area contributed by atoms with Gasteiger partial charge in [0.1, 0.15) is 0 Å². The van der Waals surface area contributed by atoms with Crippen molar-refractivity contribution in [1.82, 2.24) is 19.9 Å². The molecule has 1 aliphatic carbocycles. The highest BCUT2D eigenvalue weighted by atomic mass is 16.5. The third kappa shape index (κ3) is 1.84. The van der Waals surface area contributed by atoms with Gasteiger partial charge < -0.3 is 10.3 Å². The summed E-state index contributed by atoms with van der Waals surface area (Å²) in [5.41, 5.74) is 6.89. The largest absolute Gasteiger partial charge is 0.339 e. The first-order valence-electron chi connectivity index (χ1n) is 5.82. The molecule has 0 aromatic carbocycles. The van der Waals surface area contributed by atoms with Gasteiger partial charge in [-0.3, -0.25) is 4.68 Å². The molecule has 90 valence electrons. The van der Waals surface area contributed by atoms with Crippen LogP contribution in [0.25, 0.3) is 11.4 Å². The molecule has 17 heavy (non-hydrogen) atoms. The van der Waals surface area contributed by atoms with Gasteiger partial charge in [0.05, 0.1) is 17.7 Å². The van der Waals surface area contributed by atoms with Gasteiger partial charge in [-0.05, 0) is 12.8 Å². The molecule has 0 aliphatic heterocycles. The fourth-order valence-corrected chi connectivity index (χ4v) is 2.34. The average Bonchev–Trinajstić information content (AvgIpc) is 2.97. The first-order chi connectivity index (χ1) is 8.24. The number of hydrogen-bond donors (Lipinski definition) is 1. The zero-order valence-electron chi connectivity index (χ0n) is 9.71. The highest BCUT2D eigenvalue weighted by Gasteiger charge is 2.30. The molecule has 6 heteroatoms. The second-order valence-electron chi connectivity index (χ2n) is 4.56. The summed E-state index contributed by atoms with van der Waals surface area (Å²) >= 11 is 0. The smallest absolute Gasteiger partial charge is 0.231 e. The molecule has 0 amide bonds. The molecule has 0 bridgehead atoms. The number of aromatic nitrogens is 4. The molecule has 6 nitrogen and oxygen atoms in total. The lowest BCUT2D eigenvalue weighted by Gasteiger charge is -2.08. The van der Waals surface area contributed by atoms with Crippen LogP contribution in [0.15, 0.2) is 16.9 Å². The van der Waals surface area contributed by atoms with Gasteiger partial charge in [-0.2, -0.15) is 10.1 Å². The van der Waals surface area contributed by atoms with E-state index in [0.29, 0.717) is 11.7 Å². The van der Waals surface area contributed by atoms with Crippen molar-refractivity contribution in [2.75, 3.05) is 0 Å². The summed E-state index contributed by atoms with van der Waals surface area (Å²) in [6.07, 6.45) is 6.80. The molecular formula is C11H15N5O. The topological polar surface area (TPSA) is 82.8 Å². The lowest BCUT2D eigenvalue weighted by atomic mass is 10.1. The van der Waals surface area contributed by atoms with E-state index in [0.717, 1.165) is 24.8 Å². The van der Waals surface area contributed by atoms with Crippen LogP contribution in [-0.2, 0) is 7.05 Å². The molecule has 2 aromatic rings. The maximum Gasteiger partial charge on any atom is 0.231 e. The SMILES string of the molecule is Cn1cc(-c2noc(C3CCCC3N)n2)cn1. The lowest BCUT2D eigenvalue weighted by molar-refractivity contribution is 0.345. The van der Waals surface area contributed by atoms with Gasteiger partial charge in [0.15, 0.2) is 0 Å². The quantitative estimate of drug-likeness (QED) is 0.838. The van der Waals surface area contributed by atoms with Crippen LogP contribution in [0, 0.1) is 0 Å². The third-order valence-corrected chi connectivity index (χ3v) is 3.29. The number of hydrogen-bond acceptors (Lipinski definition) is 5. The van der Waals surface area contributed by atoms with Gasteiger partial charge >= 0.3 is 0 Å². The van der Waals surface area contributed by atoms with Crippen LogP contribution < -0.4 is 5.73 Å². The van der Waals surface area contributed by atoms with Crippen LogP contribution in [0.3, 0.4) is 0 Å². The van der Waals surface area contributed by atoms with Gasteiger partial charge in [-0.15, -0.1) is 0 Å². The van der Waals surface area contributed by atoms with E-state index in [2.05, 4.69) is 15.2 Å². The highest BCUT2D eigenvalue weighted by Crippen LogP contribution is 2.33. The van der Waals surface area contributed by atoms with E-state index in [1.54, 1.807) is 10.9 Å². The Morgan fingerprint density at radius 3 is 3.00 bits per heavy atom. The van der Waals surface area contributed by atoms with Crippen LogP contribution >= 0.6 is 0 Å². The third-order valence-electron chi connectivity index (χ3n) is 3.29. The van der Waals surface area contributed by atoms with Crippen LogP contribution in [0.4, 0.5) is 0 Å². The highest BCUT2D eigenvalue weighted by molar-refractivity contribution is 5.51. The number of aryl methyl sites for hydroxylation is 1. The predicted molar refractivity (Wildman–Crippen MR) is 61.1 cm³/mol.